The largest absolute Gasteiger partial charge is 0.441 e. The van der Waals surface area contributed by atoms with E-state index in [0.717, 1.165) is 17.7 Å². The molecule has 0 spiro atoms. The number of amides is 1. The Morgan fingerprint density at radius 1 is 1.18 bits per heavy atom. The number of unbranched alkanes of at least 4 members (excludes halogenated alkanes) is 1. The average molecular weight is 423 g/mol. The van der Waals surface area contributed by atoms with E-state index in [1.54, 1.807) is 0 Å². The Morgan fingerprint density at radius 3 is 2.61 bits per heavy atom. The molecule has 1 aromatic heterocycles. The van der Waals surface area contributed by atoms with Gasteiger partial charge in [0.1, 0.15) is 11.5 Å². The van der Waals surface area contributed by atoms with Crippen LogP contribution in [0.5, 0.6) is 0 Å². The molecule has 0 aliphatic rings. The smallest absolute Gasteiger partial charge is 0.232 e. The molecule has 154 valence electrons. The summed E-state index contributed by atoms with van der Waals surface area (Å²) in [4.78, 5) is 16.4. The summed E-state index contributed by atoms with van der Waals surface area (Å²) in [7, 11) is -1.31. The zero-order chi connectivity index (χ0) is 20.4. The number of carbonyl (C=O) groups is 1. The second-order valence-electron chi connectivity index (χ2n) is 6.79. The highest BCUT2D eigenvalue weighted by molar-refractivity contribution is 7.99. The number of nitrogens with zero attached hydrogens (tertiary/aromatic N) is 1. The minimum absolute atomic E-state index is 0.00482. The summed E-state index contributed by atoms with van der Waals surface area (Å²) >= 11 is 1.92. The molecule has 0 fully saturated rings. The third-order valence-corrected chi connectivity index (χ3v) is 6.55. The van der Waals surface area contributed by atoms with Crippen LogP contribution in [-0.4, -0.2) is 38.9 Å². The maximum atomic E-state index is 12.3. The van der Waals surface area contributed by atoms with Crippen molar-refractivity contribution in [1.82, 2.24) is 10.3 Å². The van der Waals surface area contributed by atoms with Crippen molar-refractivity contribution in [1.29, 1.82) is 0 Å². The number of aryl methyl sites for hydroxylation is 2. The highest BCUT2D eigenvalue weighted by Crippen LogP contribution is 2.22. The molecule has 1 atom stereocenters. The Balaban J connectivity index is 1.75. The average Bonchev–Trinajstić information content (AvgIpc) is 3.01. The van der Waals surface area contributed by atoms with Crippen LogP contribution >= 0.6 is 11.8 Å². The van der Waals surface area contributed by atoms with Gasteiger partial charge < -0.3 is 9.73 Å². The number of carbonyl (C=O) groups excluding carboxylic acids is 1. The van der Waals surface area contributed by atoms with Crippen molar-refractivity contribution in [3.63, 3.8) is 0 Å². The van der Waals surface area contributed by atoms with Gasteiger partial charge in [-0.1, -0.05) is 31.0 Å². The molecule has 1 N–H and O–H groups in total. The third-order valence-electron chi connectivity index (χ3n) is 4.21. The predicted octanol–water partition coefficient (Wildman–Crippen LogP) is 4.25. The molecule has 0 saturated heterocycles. The molecule has 2 rings (SSSR count). The van der Waals surface area contributed by atoms with Crippen molar-refractivity contribution >= 4 is 28.5 Å². The predicted molar refractivity (Wildman–Crippen MR) is 118 cm³/mol. The van der Waals surface area contributed by atoms with E-state index >= 15 is 0 Å². The highest BCUT2D eigenvalue weighted by Gasteiger charge is 2.16. The Kier molecular flexibility index (Phi) is 9.78. The molecule has 0 saturated carbocycles. The Morgan fingerprint density at radius 2 is 1.89 bits per heavy atom. The molecule has 1 heterocycles. The fraction of sp³-hybridized carbons (Fsp3) is 0.524. The number of nitrogens with one attached hydrogen (secondary N) is 1. The van der Waals surface area contributed by atoms with Gasteiger partial charge in [-0.25, -0.2) is 4.98 Å². The molecule has 0 aliphatic carbocycles. The zero-order valence-corrected chi connectivity index (χ0v) is 18.6. The van der Waals surface area contributed by atoms with Gasteiger partial charge in [-0.15, -0.1) is 0 Å². The molecule has 28 heavy (non-hydrogen) atoms. The van der Waals surface area contributed by atoms with E-state index < -0.39 is 10.8 Å². The number of aromatic nitrogens is 1. The number of oxazole rings is 1. The maximum absolute atomic E-state index is 12.3. The normalized spacial score (nSPS) is 12.1. The van der Waals surface area contributed by atoms with Gasteiger partial charge in [0.05, 0.1) is 11.4 Å². The summed E-state index contributed by atoms with van der Waals surface area (Å²) in [5.41, 5.74) is 2.70. The van der Waals surface area contributed by atoms with E-state index in [0.29, 0.717) is 23.9 Å². The number of hydrogen-bond donors (Lipinski definition) is 1. The molecular weight excluding hydrogens is 392 g/mol. The fourth-order valence-corrected chi connectivity index (χ4v) is 4.65. The number of rotatable bonds is 12. The minimum atomic E-state index is -1.31. The SMILES string of the molecule is CCCCSCCCNC(=O)C[S@](=O)Cc1nc(-c2ccc(C)cc2)oc1C. The second-order valence-corrected chi connectivity index (χ2v) is 9.47. The molecule has 2 aromatic rings. The van der Waals surface area contributed by atoms with Crippen molar-refractivity contribution in [3.05, 3.63) is 41.3 Å². The van der Waals surface area contributed by atoms with Gasteiger partial charge in [-0.2, -0.15) is 11.8 Å². The van der Waals surface area contributed by atoms with Gasteiger partial charge in [0.15, 0.2) is 0 Å². The van der Waals surface area contributed by atoms with Crippen molar-refractivity contribution in [2.24, 2.45) is 0 Å². The van der Waals surface area contributed by atoms with E-state index in [1.807, 2.05) is 49.9 Å². The van der Waals surface area contributed by atoms with Crippen molar-refractivity contribution in [2.45, 2.75) is 45.8 Å². The molecular formula is C21H30N2O3S2. The summed E-state index contributed by atoms with van der Waals surface area (Å²) in [5.74, 6) is 3.44. The Labute approximate surface area is 174 Å². The van der Waals surface area contributed by atoms with Crippen LogP contribution in [-0.2, 0) is 21.3 Å². The van der Waals surface area contributed by atoms with Gasteiger partial charge in [0.25, 0.3) is 0 Å². The van der Waals surface area contributed by atoms with Crippen LogP contribution in [0.25, 0.3) is 11.5 Å². The van der Waals surface area contributed by atoms with Gasteiger partial charge in [-0.05, 0) is 50.3 Å². The molecule has 0 aliphatic heterocycles. The van der Waals surface area contributed by atoms with Crippen molar-refractivity contribution in [2.75, 3.05) is 23.8 Å². The molecule has 5 nitrogen and oxygen atoms in total. The molecule has 7 heteroatoms. The summed E-state index contributed by atoms with van der Waals surface area (Å²) in [6.07, 6.45) is 3.39. The van der Waals surface area contributed by atoms with Gasteiger partial charge in [-0.3, -0.25) is 9.00 Å². The number of thioether (sulfide) groups is 1. The van der Waals surface area contributed by atoms with Crippen LogP contribution in [0.1, 0.15) is 43.2 Å². The van der Waals surface area contributed by atoms with E-state index in [9.17, 15) is 9.00 Å². The lowest BCUT2D eigenvalue weighted by Crippen LogP contribution is -2.29. The van der Waals surface area contributed by atoms with Crippen LogP contribution in [0.15, 0.2) is 28.7 Å². The standard InChI is InChI=1S/C21H30N2O3S2/c1-4-5-12-27-13-6-11-22-20(24)15-28(25)14-19-17(3)26-21(23-19)18-9-7-16(2)8-10-18/h7-10H,4-6,11-15H2,1-3H3,(H,22,24)/t28-/m1/s1. The molecule has 0 radical (unpaired) electrons. The number of benzene rings is 1. The van der Waals surface area contributed by atoms with Crippen LogP contribution < -0.4 is 5.32 Å². The fourth-order valence-electron chi connectivity index (χ4n) is 2.53. The maximum Gasteiger partial charge on any atom is 0.232 e. The summed E-state index contributed by atoms with van der Waals surface area (Å²) in [6, 6.07) is 7.91. The molecule has 0 bridgehead atoms. The van der Waals surface area contributed by atoms with Gasteiger partial charge in [0, 0.05) is 22.9 Å². The summed E-state index contributed by atoms with van der Waals surface area (Å²) in [5, 5.41) is 2.85. The second kappa shape index (κ2) is 12.1. The summed E-state index contributed by atoms with van der Waals surface area (Å²) < 4.78 is 18.1. The topological polar surface area (TPSA) is 72.2 Å². The lowest BCUT2D eigenvalue weighted by molar-refractivity contribution is -0.118. The van der Waals surface area contributed by atoms with E-state index in [-0.39, 0.29) is 17.4 Å². The quantitative estimate of drug-likeness (QED) is 0.518. The van der Waals surface area contributed by atoms with Crippen LogP contribution in [0.4, 0.5) is 0 Å². The van der Waals surface area contributed by atoms with Gasteiger partial charge in [0.2, 0.25) is 11.8 Å². The third kappa shape index (κ3) is 7.80. The molecule has 1 aromatic carbocycles. The van der Waals surface area contributed by atoms with Crippen LogP contribution in [0.2, 0.25) is 0 Å². The zero-order valence-electron chi connectivity index (χ0n) is 17.0. The first-order valence-corrected chi connectivity index (χ1v) is 12.4. The first kappa shape index (κ1) is 22.7. The summed E-state index contributed by atoms with van der Waals surface area (Å²) in [6.45, 7) is 6.66. The molecule has 1 amide bonds. The lowest BCUT2D eigenvalue weighted by atomic mass is 10.1. The van der Waals surface area contributed by atoms with Gasteiger partial charge >= 0.3 is 0 Å². The monoisotopic (exact) mass is 422 g/mol. The van der Waals surface area contributed by atoms with Crippen molar-refractivity contribution in [3.8, 4) is 11.5 Å². The minimum Gasteiger partial charge on any atom is -0.441 e. The highest BCUT2D eigenvalue weighted by atomic mass is 32.2. The van der Waals surface area contributed by atoms with E-state index in [4.69, 9.17) is 4.42 Å². The first-order valence-electron chi connectivity index (χ1n) is 9.72. The van der Waals surface area contributed by atoms with E-state index in [1.165, 1.54) is 24.2 Å². The van der Waals surface area contributed by atoms with Crippen LogP contribution in [0.3, 0.4) is 0 Å². The van der Waals surface area contributed by atoms with Crippen LogP contribution in [0, 0.1) is 13.8 Å². The Bertz CT molecular complexity index is 772. The Hall–Kier alpha value is -1.60. The lowest BCUT2D eigenvalue weighted by Gasteiger charge is -2.05. The number of hydrogen-bond acceptors (Lipinski definition) is 5. The first-order chi connectivity index (χ1) is 13.5. The molecule has 0 unspecified atom stereocenters. The van der Waals surface area contributed by atoms with Crippen molar-refractivity contribution < 1.29 is 13.4 Å². The van der Waals surface area contributed by atoms with E-state index in [2.05, 4.69) is 17.2 Å².